The average molecular weight is 372 g/mol. The Morgan fingerprint density at radius 2 is 2.05 bits per heavy atom. The van der Waals surface area contributed by atoms with Gasteiger partial charge in [0.15, 0.2) is 0 Å². The van der Waals surface area contributed by atoms with Crippen molar-refractivity contribution in [1.29, 1.82) is 0 Å². The fraction of sp³-hybridized carbons (Fsp3) is 0.143. The fourth-order valence-electron chi connectivity index (χ4n) is 1.84. The van der Waals surface area contributed by atoms with Crippen LogP contribution in [0, 0.1) is 0 Å². The number of carbonyl (C=O) groups is 2. The zero-order valence-electron chi connectivity index (χ0n) is 11.3. The fourth-order valence-corrected chi connectivity index (χ4v) is 2.54. The van der Waals surface area contributed by atoms with E-state index in [0.29, 0.717) is 16.4 Å². The molecule has 2 aromatic rings. The van der Waals surface area contributed by atoms with E-state index < -0.39 is 5.97 Å². The quantitative estimate of drug-likeness (QED) is 0.840. The molecule has 7 heteroatoms. The molecule has 0 aliphatic heterocycles. The Labute approximate surface area is 135 Å². The monoisotopic (exact) mass is 370 g/mol. The summed E-state index contributed by atoms with van der Waals surface area (Å²) in [5.74, 6) is -0.906. The molecule has 5 nitrogen and oxygen atoms in total. The summed E-state index contributed by atoms with van der Waals surface area (Å²) in [7, 11) is 3.02. The molecular weight excluding hydrogens is 360 g/mol. The molecule has 0 aliphatic rings. The second kappa shape index (κ2) is 6.32. The first-order chi connectivity index (χ1) is 9.92. The van der Waals surface area contributed by atoms with E-state index in [1.165, 1.54) is 13.2 Å². The minimum atomic E-state index is -0.569. The third-order valence-corrected chi connectivity index (χ3v) is 3.51. The minimum absolute atomic E-state index is 0.201. The number of carbonyl (C=O) groups excluding carboxylic acids is 2. The van der Waals surface area contributed by atoms with Gasteiger partial charge in [-0.1, -0.05) is 11.6 Å². The van der Waals surface area contributed by atoms with Crippen LogP contribution in [0.25, 0.3) is 0 Å². The van der Waals surface area contributed by atoms with Crippen LogP contribution in [0.1, 0.15) is 20.8 Å². The molecule has 110 valence electrons. The lowest BCUT2D eigenvalue weighted by Crippen LogP contribution is -2.17. The molecule has 0 saturated carbocycles. The van der Waals surface area contributed by atoms with Gasteiger partial charge in [0.05, 0.1) is 18.4 Å². The van der Waals surface area contributed by atoms with Gasteiger partial charge in [-0.05, 0) is 40.2 Å². The van der Waals surface area contributed by atoms with E-state index in [2.05, 4.69) is 26.0 Å². The van der Waals surface area contributed by atoms with Gasteiger partial charge in [0.25, 0.3) is 5.91 Å². The molecule has 0 fully saturated rings. The van der Waals surface area contributed by atoms with Gasteiger partial charge in [-0.15, -0.1) is 0 Å². The number of benzene rings is 1. The van der Waals surface area contributed by atoms with E-state index >= 15 is 0 Å². The number of halogens is 2. The van der Waals surface area contributed by atoms with Gasteiger partial charge in [0.1, 0.15) is 5.69 Å². The summed E-state index contributed by atoms with van der Waals surface area (Å²) in [6, 6.07) is 6.28. The van der Waals surface area contributed by atoms with E-state index in [4.69, 9.17) is 11.6 Å². The van der Waals surface area contributed by atoms with Crippen molar-refractivity contribution in [3.05, 3.63) is 51.2 Å². The molecule has 0 atom stereocenters. The van der Waals surface area contributed by atoms with Crippen molar-refractivity contribution in [3.8, 4) is 0 Å². The van der Waals surface area contributed by atoms with Gasteiger partial charge in [0.2, 0.25) is 0 Å². The zero-order chi connectivity index (χ0) is 15.6. The number of aromatic nitrogens is 1. The topological polar surface area (TPSA) is 60.3 Å². The summed E-state index contributed by atoms with van der Waals surface area (Å²) in [6.07, 6.45) is 1.76. The summed E-state index contributed by atoms with van der Waals surface area (Å²) >= 11 is 9.17. The number of rotatable bonds is 3. The maximum atomic E-state index is 12.3. The molecule has 1 amide bonds. The third kappa shape index (κ3) is 3.46. The Balaban J connectivity index is 2.33. The van der Waals surface area contributed by atoms with Crippen LogP contribution in [0.3, 0.4) is 0 Å². The summed E-state index contributed by atoms with van der Waals surface area (Å²) in [5.41, 5.74) is 0.993. The van der Waals surface area contributed by atoms with Crippen LogP contribution in [-0.4, -0.2) is 23.6 Å². The third-order valence-electron chi connectivity index (χ3n) is 2.84. The number of ether oxygens (including phenoxy) is 1. The SMILES string of the molecule is COC(=O)c1cc(Cl)ccc1NC(=O)c1cc(Br)cn1C. The smallest absolute Gasteiger partial charge is 0.340 e. The second-order valence-corrected chi connectivity index (χ2v) is 5.64. The molecular formula is C14H12BrClN2O3. The highest BCUT2D eigenvalue weighted by Gasteiger charge is 2.17. The lowest BCUT2D eigenvalue weighted by molar-refractivity contribution is 0.0602. The molecule has 1 aromatic carbocycles. The normalized spacial score (nSPS) is 10.3. The van der Waals surface area contributed by atoms with Crippen molar-refractivity contribution in [2.24, 2.45) is 7.05 Å². The van der Waals surface area contributed by atoms with Crippen molar-refractivity contribution < 1.29 is 14.3 Å². The first-order valence-electron chi connectivity index (χ1n) is 5.93. The van der Waals surface area contributed by atoms with Gasteiger partial charge in [-0.3, -0.25) is 4.79 Å². The maximum absolute atomic E-state index is 12.3. The van der Waals surface area contributed by atoms with Crippen molar-refractivity contribution in [3.63, 3.8) is 0 Å². The van der Waals surface area contributed by atoms with Crippen LogP contribution in [0.5, 0.6) is 0 Å². The molecule has 0 aliphatic carbocycles. The first-order valence-corrected chi connectivity index (χ1v) is 7.10. The molecule has 0 radical (unpaired) electrons. The summed E-state index contributed by atoms with van der Waals surface area (Å²) in [4.78, 5) is 24.0. The van der Waals surface area contributed by atoms with Crippen LogP contribution < -0.4 is 5.32 Å². The summed E-state index contributed by atoms with van der Waals surface area (Å²) < 4.78 is 7.15. The molecule has 0 unspecified atom stereocenters. The average Bonchev–Trinajstić information content (AvgIpc) is 2.78. The Morgan fingerprint density at radius 1 is 1.33 bits per heavy atom. The van der Waals surface area contributed by atoms with E-state index in [0.717, 1.165) is 4.47 Å². The number of hydrogen-bond acceptors (Lipinski definition) is 3. The van der Waals surface area contributed by atoms with Crippen LogP contribution in [0.4, 0.5) is 5.69 Å². The molecule has 1 aromatic heterocycles. The highest BCUT2D eigenvalue weighted by atomic mass is 79.9. The second-order valence-electron chi connectivity index (χ2n) is 4.29. The Kier molecular flexibility index (Phi) is 4.69. The largest absolute Gasteiger partial charge is 0.465 e. The zero-order valence-corrected chi connectivity index (χ0v) is 13.7. The van der Waals surface area contributed by atoms with Crippen molar-refractivity contribution in [2.75, 3.05) is 12.4 Å². The van der Waals surface area contributed by atoms with Crippen LogP contribution in [0.2, 0.25) is 5.02 Å². The first kappa shape index (κ1) is 15.6. The number of esters is 1. The van der Waals surface area contributed by atoms with Gasteiger partial charge < -0.3 is 14.6 Å². The highest BCUT2D eigenvalue weighted by Crippen LogP contribution is 2.23. The number of aryl methyl sites for hydroxylation is 1. The predicted molar refractivity (Wildman–Crippen MR) is 83.9 cm³/mol. The number of hydrogen-bond donors (Lipinski definition) is 1. The molecule has 0 bridgehead atoms. The summed E-state index contributed by atoms with van der Waals surface area (Å²) in [6.45, 7) is 0. The molecule has 0 saturated heterocycles. The lowest BCUT2D eigenvalue weighted by atomic mass is 10.1. The molecule has 0 spiro atoms. The number of anilines is 1. The summed E-state index contributed by atoms with van der Waals surface area (Å²) in [5, 5.41) is 3.07. The van der Waals surface area contributed by atoms with Crippen LogP contribution in [-0.2, 0) is 11.8 Å². The van der Waals surface area contributed by atoms with Crippen molar-refractivity contribution >= 4 is 45.1 Å². The molecule has 1 N–H and O–H groups in total. The van der Waals surface area contributed by atoms with Crippen LogP contribution in [0.15, 0.2) is 34.9 Å². The minimum Gasteiger partial charge on any atom is -0.465 e. The Bertz CT molecular complexity index is 712. The predicted octanol–water partition coefficient (Wildman–Crippen LogP) is 3.48. The Morgan fingerprint density at radius 3 is 2.62 bits per heavy atom. The van der Waals surface area contributed by atoms with Gasteiger partial charge >= 0.3 is 5.97 Å². The van der Waals surface area contributed by atoms with Crippen molar-refractivity contribution in [1.82, 2.24) is 4.57 Å². The number of methoxy groups -OCH3 is 1. The van der Waals surface area contributed by atoms with Crippen LogP contribution >= 0.6 is 27.5 Å². The lowest BCUT2D eigenvalue weighted by Gasteiger charge is -2.10. The standard InChI is InChI=1S/C14H12BrClN2O3/c1-18-7-8(15)5-12(18)13(19)17-11-4-3-9(16)6-10(11)14(20)21-2/h3-7H,1-2H3,(H,17,19). The number of amides is 1. The number of nitrogens with one attached hydrogen (secondary N) is 1. The van der Waals surface area contributed by atoms with Gasteiger partial charge in [-0.25, -0.2) is 4.79 Å². The van der Waals surface area contributed by atoms with E-state index in [-0.39, 0.29) is 11.5 Å². The molecule has 2 rings (SSSR count). The van der Waals surface area contributed by atoms with E-state index in [9.17, 15) is 9.59 Å². The molecule has 21 heavy (non-hydrogen) atoms. The highest BCUT2D eigenvalue weighted by molar-refractivity contribution is 9.10. The Hall–Kier alpha value is -1.79. The van der Waals surface area contributed by atoms with E-state index in [1.54, 1.807) is 36.0 Å². The van der Waals surface area contributed by atoms with Gasteiger partial charge in [0, 0.05) is 22.7 Å². The van der Waals surface area contributed by atoms with E-state index in [1.807, 2.05) is 0 Å². The van der Waals surface area contributed by atoms with Crippen molar-refractivity contribution in [2.45, 2.75) is 0 Å². The number of nitrogens with zero attached hydrogens (tertiary/aromatic N) is 1. The van der Waals surface area contributed by atoms with Gasteiger partial charge in [-0.2, -0.15) is 0 Å². The maximum Gasteiger partial charge on any atom is 0.340 e. The molecule has 1 heterocycles.